The van der Waals surface area contributed by atoms with Gasteiger partial charge in [-0.15, -0.1) is 0 Å². The van der Waals surface area contributed by atoms with Gasteiger partial charge in [-0.3, -0.25) is 19.8 Å². The molecule has 0 spiro atoms. The molecule has 0 fully saturated rings. The number of benzene rings is 1. The summed E-state index contributed by atoms with van der Waals surface area (Å²) in [6.45, 7) is 5.74. The molecule has 0 amide bonds. The monoisotopic (exact) mass is 296 g/mol. The van der Waals surface area contributed by atoms with E-state index >= 15 is 0 Å². The molecule has 106 valence electrons. The van der Waals surface area contributed by atoms with Crippen LogP contribution in [-0.2, 0) is 5.54 Å². The van der Waals surface area contributed by atoms with E-state index in [0.717, 1.165) is 6.07 Å². The number of rotatable bonds is 2. The lowest BCUT2D eigenvalue weighted by molar-refractivity contribution is -0.385. The van der Waals surface area contributed by atoms with Gasteiger partial charge >= 0.3 is 0 Å². The van der Waals surface area contributed by atoms with E-state index in [-0.39, 0.29) is 11.2 Å². The number of halogens is 1. The maximum atomic E-state index is 13.5. The Morgan fingerprint density at radius 1 is 1.40 bits per heavy atom. The van der Waals surface area contributed by atoms with Gasteiger partial charge in [0, 0.05) is 17.2 Å². The first kappa shape index (κ1) is 14.3. The van der Waals surface area contributed by atoms with Gasteiger partial charge in [0.05, 0.1) is 11.0 Å². The Labute approximate surface area is 119 Å². The molecule has 1 aromatic heterocycles. The standard InChI is InChI=1S/C12H13FN4O2S/c1-12(2,3)16-10(14-15-11(16)20)7-4-8(13)6-9(5-7)17(18)19/h4-6H,1-3H3,(H,15,20). The molecule has 0 aliphatic rings. The summed E-state index contributed by atoms with van der Waals surface area (Å²) >= 11 is 5.16. The summed E-state index contributed by atoms with van der Waals surface area (Å²) in [5, 5.41) is 17.5. The smallest absolute Gasteiger partial charge is 0.273 e. The minimum Gasteiger partial charge on any atom is -0.295 e. The van der Waals surface area contributed by atoms with Crippen LogP contribution in [0.4, 0.5) is 10.1 Å². The molecule has 0 saturated heterocycles. The van der Waals surface area contributed by atoms with Crippen molar-refractivity contribution in [3.05, 3.63) is 38.9 Å². The highest BCUT2D eigenvalue weighted by Crippen LogP contribution is 2.28. The normalized spacial score (nSPS) is 11.6. The van der Waals surface area contributed by atoms with Gasteiger partial charge in [-0.1, -0.05) is 0 Å². The fourth-order valence-corrected chi connectivity index (χ4v) is 2.33. The number of nitro groups is 1. The summed E-state index contributed by atoms with van der Waals surface area (Å²) < 4.78 is 15.6. The van der Waals surface area contributed by atoms with Crippen LogP contribution < -0.4 is 0 Å². The van der Waals surface area contributed by atoms with Gasteiger partial charge in [-0.2, -0.15) is 5.10 Å². The van der Waals surface area contributed by atoms with Crippen LogP contribution in [-0.4, -0.2) is 19.7 Å². The molecule has 6 nitrogen and oxygen atoms in total. The van der Waals surface area contributed by atoms with Crippen LogP contribution in [0.15, 0.2) is 18.2 Å². The van der Waals surface area contributed by atoms with E-state index in [1.54, 1.807) is 4.57 Å². The third-order valence-electron chi connectivity index (χ3n) is 2.69. The van der Waals surface area contributed by atoms with Gasteiger partial charge in [0.2, 0.25) is 0 Å². The zero-order valence-electron chi connectivity index (χ0n) is 11.2. The maximum Gasteiger partial charge on any atom is 0.273 e. The number of aromatic amines is 1. The predicted octanol–water partition coefficient (Wildman–Crippen LogP) is 3.41. The topological polar surface area (TPSA) is 76.8 Å². The molecule has 1 N–H and O–H groups in total. The Bertz CT molecular complexity index is 730. The molecule has 0 atom stereocenters. The van der Waals surface area contributed by atoms with Crippen molar-refractivity contribution in [3.63, 3.8) is 0 Å². The summed E-state index contributed by atoms with van der Waals surface area (Å²) in [5.74, 6) is -0.325. The highest BCUT2D eigenvalue weighted by molar-refractivity contribution is 7.71. The van der Waals surface area contributed by atoms with Crippen LogP contribution in [0.5, 0.6) is 0 Å². The fraction of sp³-hybridized carbons (Fsp3) is 0.333. The van der Waals surface area contributed by atoms with E-state index in [9.17, 15) is 14.5 Å². The fourth-order valence-electron chi connectivity index (χ4n) is 1.92. The van der Waals surface area contributed by atoms with Gasteiger partial charge < -0.3 is 0 Å². The number of H-pyrrole nitrogens is 1. The molecular formula is C12H13FN4O2S. The molecule has 0 unspecified atom stereocenters. The molecule has 1 heterocycles. The van der Waals surface area contributed by atoms with Gasteiger partial charge in [0.15, 0.2) is 10.6 Å². The quantitative estimate of drug-likeness (QED) is 0.523. The van der Waals surface area contributed by atoms with Crippen molar-refractivity contribution in [2.75, 3.05) is 0 Å². The second kappa shape index (κ2) is 4.78. The van der Waals surface area contributed by atoms with Crippen LogP contribution in [0.2, 0.25) is 0 Å². The highest BCUT2D eigenvalue weighted by Gasteiger charge is 2.22. The van der Waals surface area contributed by atoms with Crippen molar-refractivity contribution in [1.82, 2.24) is 14.8 Å². The Morgan fingerprint density at radius 3 is 2.60 bits per heavy atom. The molecular weight excluding hydrogens is 283 g/mol. The lowest BCUT2D eigenvalue weighted by atomic mass is 10.1. The Morgan fingerprint density at radius 2 is 2.05 bits per heavy atom. The van der Waals surface area contributed by atoms with E-state index in [4.69, 9.17) is 12.2 Å². The molecule has 1 aromatic carbocycles. The van der Waals surface area contributed by atoms with Crippen molar-refractivity contribution >= 4 is 17.9 Å². The number of hydrogen-bond donors (Lipinski definition) is 1. The first-order valence-electron chi connectivity index (χ1n) is 5.83. The van der Waals surface area contributed by atoms with Crippen LogP contribution in [0, 0.1) is 20.7 Å². The summed E-state index contributed by atoms with van der Waals surface area (Å²) in [7, 11) is 0. The molecule has 0 saturated carbocycles. The number of non-ortho nitro benzene ring substituents is 1. The van der Waals surface area contributed by atoms with E-state index in [1.165, 1.54) is 12.1 Å². The van der Waals surface area contributed by atoms with E-state index < -0.39 is 10.7 Å². The third-order valence-corrected chi connectivity index (χ3v) is 2.97. The van der Waals surface area contributed by atoms with E-state index in [0.29, 0.717) is 16.2 Å². The SMILES string of the molecule is CC(C)(C)n1c(-c2cc(F)cc([N+](=O)[O-])c2)n[nH]c1=S. The Kier molecular flexibility index (Phi) is 3.43. The largest absolute Gasteiger partial charge is 0.295 e. The van der Waals surface area contributed by atoms with Gasteiger partial charge in [0.1, 0.15) is 5.82 Å². The summed E-state index contributed by atoms with van der Waals surface area (Å²) in [6.07, 6.45) is 0. The summed E-state index contributed by atoms with van der Waals surface area (Å²) in [5.41, 5.74) is -0.408. The molecule has 0 aliphatic carbocycles. The van der Waals surface area contributed by atoms with E-state index in [1.807, 2.05) is 20.8 Å². The Balaban J connectivity index is 2.70. The minimum atomic E-state index is -0.691. The summed E-state index contributed by atoms with van der Waals surface area (Å²) in [6, 6.07) is 3.34. The van der Waals surface area contributed by atoms with Crippen molar-refractivity contribution < 1.29 is 9.31 Å². The van der Waals surface area contributed by atoms with Crippen LogP contribution in [0.1, 0.15) is 20.8 Å². The van der Waals surface area contributed by atoms with Gasteiger partial charge in [0.25, 0.3) is 5.69 Å². The zero-order chi connectivity index (χ0) is 15.1. The number of nitrogens with zero attached hydrogens (tertiary/aromatic N) is 3. The van der Waals surface area contributed by atoms with E-state index in [2.05, 4.69) is 10.2 Å². The highest BCUT2D eigenvalue weighted by atomic mass is 32.1. The number of nitrogens with one attached hydrogen (secondary N) is 1. The zero-order valence-corrected chi connectivity index (χ0v) is 12.0. The molecule has 8 heteroatoms. The van der Waals surface area contributed by atoms with Crippen LogP contribution in [0.3, 0.4) is 0 Å². The predicted molar refractivity (Wildman–Crippen MR) is 74.5 cm³/mol. The molecule has 20 heavy (non-hydrogen) atoms. The maximum absolute atomic E-state index is 13.5. The first-order valence-corrected chi connectivity index (χ1v) is 6.24. The lowest BCUT2D eigenvalue weighted by Crippen LogP contribution is -2.23. The second-order valence-electron chi connectivity index (χ2n) is 5.31. The first-order chi connectivity index (χ1) is 9.20. The Hall–Kier alpha value is -2.09. The minimum absolute atomic E-state index is 0.305. The third kappa shape index (κ3) is 2.60. The van der Waals surface area contributed by atoms with Crippen molar-refractivity contribution in [2.45, 2.75) is 26.3 Å². The van der Waals surface area contributed by atoms with Crippen molar-refractivity contribution in [3.8, 4) is 11.4 Å². The number of hydrogen-bond acceptors (Lipinski definition) is 4. The van der Waals surface area contributed by atoms with Crippen molar-refractivity contribution in [1.29, 1.82) is 0 Å². The number of aromatic nitrogens is 3. The average Bonchev–Trinajstić information content (AvgIpc) is 2.70. The molecule has 0 bridgehead atoms. The van der Waals surface area contributed by atoms with Crippen LogP contribution in [0.25, 0.3) is 11.4 Å². The van der Waals surface area contributed by atoms with Gasteiger partial charge in [-0.25, -0.2) is 4.39 Å². The summed E-state index contributed by atoms with van der Waals surface area (Å²) in [4.78, 5) is 10.2. The second-order valence-corrected chi connectivity index (χ2v) is 5.70. The van der Waals surface area contributed by atoms with Gasteiger partial charge in [-0.05, 0) is 39.1 Å². The molecule has 2 aromatic rings. The lowest BCUT2D eigenvalue weighted by Gasteiger charge is -2.22. The molecule has 0 aliphatic heterocycles. The molecule has 2 rings (SSSR count). The average molecular weight is 296 g/mol. The molecule has 0 radical (unpaired) electrons. The number of nitro benzene ring substituents is 1. The van der Waals surface area contributed by atoms with Crippen LogP contribution >= 0.6 is 12.2 Å². The van der Waals surface area contributed by atoms with Crippen molar-refractivity contribution in [2.24, 2.45) is 0 Å².